The third-order valence-electron chi connectivity index (χ3n) is 5.22. The summed E-state index contributed by atoms with van der Waals surface area (Å²) in [6, 6.07) is 1.72. The lowest BCUT2D eigenvalue weighted by Crippen LogP contribution is -2.71. The molecule has 4 aliphatic heterocycles. The largest absolute Gasteiger partial charge is 0.317 e. The highest BCUT2D eigenvalue weighted by atomic mass is 15.4. The SMILES string of the molecule is CC(C)(C)N1CC2CC(C1)N2CC1CCNCC1. The van der Waals surface area contributed by atoms with E-state index in [1.54, 1.807) is 0 Å². The van der Waals surface area contributed by atoms with E-state index in [4.69, 9.17) is 0 Å². The quantitative estimate of drug-likeness (QED) is 0.803. The van der Waals surface area contributed by atoms with Gasteiger partial charge in [-0.05, 0) is 59.0 Å². The van der Waals surface area contributed by atoms with Crippen molar-refractivity contribution in [1.82, 2.24) is 15.1 Å². The Labute approximate surface area is 112 Å². The fraction of sp³-hybridized carbons (Fsp3) is 1.00. The second-order valence-electron chi connectivity index (χ2n) is 7.51. The van der Waals surface area contributed by atoms with Gasteiger partial charge in [-0.2, -0.15) is 0 Å². The monoisotopic (exact) mass is 251 g/mol. The molecule has 1 N–H and O–H groups in total. The van der Waals surface area contributed by atoms with Crippen LogP contribution in [0.15, 0.2) is 0 Å². The Morgan fingerprint density at radius 3 is 2.22 bits per heavy atom. The summed E-state index contributed by atoms with van der Waals surface area (Å²) in [7, 11) is 0. The zero-order valence-electron chi connectivity index (χ0n) is 12.3. The Kier molecular flexibility index (Phi) is 3.41. The van der Waals surface area contributed by atoms with E-state index < -0.39 is 0 Å². The van der Waals surface area contributed by atoms with Gasteiger partial charge in [0.2, 0.25) is 0 Å². The van der Waals surface area contributed by atoms with Crippen molar-refractivity contribution in [3.8, 4) is 0 Å². The molecule has 0 spiro atoms. The van der Waals surface area contributed by atoms with E-state index in [0.29, 0.717) is 5.54 Å². The van der Waals surface area contributed by atoms with Crippen LogP contribution in [0.25, 0.3) is 0 Å². The molecule has 0 saturated carbocycles. The molecule has 0 amide bonds. The Hall–Kier alpha value is -0.120. The van der Waals surface area contributed by atoms with E-state index in [9.17, 15) is 0 Å². The van der Waals surface area contributed by atoms with Crippen LogP contribution in [-0.4, -0.2) is 60.1 Å². The first kappa shape index (κ1) is 12.9. The van der Waals surface area contributed by atoms with Crippen LogP contribution in [0, 0.1) is 5.92 Å². The minimum Gasteiger partial charge on any atom is -0.317 e. The van der Waals surface area contributed by atoms with Gasteiger partial charge in [-0.25, -0.2) is 0 Å². The van der Waals surface area contributed by atoms with Crippen LogP contribution >= 0.6 is 0 Å². The molecule has 104 valence electrons. The summed E-state index contributed by atoms with van der Waals surface area (Å²) in [5.41, 5.74) is 0.359. The number of piperazine rings is 1. The van der Waals surface area contributed by atoms with Crippen LogP contribution in [0.1, 0.15) is 40.0 Å². The summed E-state index contributed by atoms with van der Waals surface area (Å²) in [4.78, 5) is 5.50. The number of piperidine rings is 2. The maximum Gasteiger partial charge on any atom is 0.0242 e. The smallest absolute Gasteiger partial charge is 0.0242 e. The molecule has 0 radical (unpaired) electrons. The number of fused-ring (bicyclic) bond motifs is 2. The summed E-state index contributed by atoms with van der Waals surface area (Å²) < 4.78 is 0. The summed E-state index contributed by atoms with van der Waals surface area (Å²) in [5.74, 6) is 0.956. The van der Waals surface area contributed by atoms with Gasteiger partial charge in [0.1, 0.15) is 0 Å². The highest BCUT2D eigenvalue weighted by Crippen LogP contribution is 2.36. The lowest BCUT2D eigenvalue weighted by atomic mass is 9.83. The standard InChI is InChI=1S/C15H29N3/c1-15(2,3)17-10-13-8-14(11-17)18(13)9-12-4-6-16-7-5-12/h12-14,16H,4-11H2,1-3H3. The zero-order valence-corrected chi connectivity index (χ0v) is 12.3. The van der Waals surface area contributed by atoms with Crippen molar-refractivity contribution >= 4 is 0 Å². The van der Waals surface area contributed by atoms with Crippen molar-refractivity contribution in [2.75, 3.05) is 32.7 Å². The van der Waals surface area contributed by atoms with Crippen LogP contribution in [0.5, 0.6) is 0 Å². The molecule has 0 aliphatic carbocycles. The number of nitrogens with zero attached hydrogens (tertiary/aromatic N) is 2. The Bertz CT molecular complexity index is 279. The van der Waals surface area contributed by atoms with Gasteiger partial charge in [-0.3, -0.25) is 9.80 Å². The van der Waals surface area contributed by atoms with E-state index >= 15 is 0 Å². The summed E-state index contributed by atoms with van der Waals surface area (Å²) in [6.07, 6.45) is 4.23. The maximum absolute atomic E-state index is 3.47. The molecule has 4 heterocycles. The summed E-state index contributed by atoms with van der Waals surface area (Å²) >= 11 is 0. The molecule has 0 aromatic heterocycles. The Morgan fingerprint density at radius 1 is 1.06 bits per heavy atom. The third kappa shape index (κ3) is 2.45. The molecular formula is C15H29N3. The summed E-state index contributed by atoms with van der Waals surface area (Å²) in [6.45, 7) is 13.5. The topological polar surface area (TPSA) is 18.5 Å². The average molecular weight is 251 g/mol. The predicted octanol–water partition coefficient (Wildman–Crippen LogP) is 1.54. The van der Waals surface area contributed by atoms with Crippen LogP contribution in [0.3, 0.4) is 0 Å². The molecule has 4 saturated heterocycles. The van der Waals surface area contributed by atoms with Gasteiger partial charge in [0.05, 0.1) is 0 Å². The molecule has 2 unspecified atom stereocenters. The molecular weight excluding hydrogens is 222 g/mol. The van der Waals surface area contributed by atoms with Gasteiger partial charge in [0, 0.05) is 37.3 Å². The fourth-order valence-corrected chi connectivity index (χ4v) is 3.90. The molecule has 4 rings (SSSR count). The van der Waals surface area contributed by atoms with Gasteiger partial charge in [0.15, 0.2) is 0 Å². The van der Waals surface area contributed by atoms with E-state index in [2.05, 4.69) is 35.9 Å². The summed E-state index contributed by atoms with van der Waals surface area (Å²) in [5, 5.41) is 3.47. The van der Waals surface area contributed by atoms with Crippen molar-refractivity contribution in [3.05, 3.63) is 0 Å². The average Bonchev–Trinajstić information content (AvgIpc) is 2.36. The van der Waals surface area contributed by atoms with Crippen molar-refractivity contribution < 1.29 is 0 Å². The number of hydrogen-bond donors (Lipinski definition) is 1. The van der Waals surface area contributed by atoms with E-state index in [0.717, 1.165) is 18.0 Å². The first-order chi connectivity index (χ1) is 8.54. The van der Waals surface area contributed by atoms with Gasteiger partial charge < -0.3 is 5.32 Å². The first-order valence-corrected chi connectivity index (χ1v) is 7.75. The number of hydrogen-bond acceptors (Lipinski definition) is 3. The number of nitrogens with one attached hydrogen (secondary N) is 1. The lowest BCUT2D eigenvalue weighted by Gasteiger charge is -2.60. The molecule has 2 bridgehead atoms. The van der Waals surface area contributed by atoms with Gasteiger partial charge >= 0.3 is 0 Å². The van der Waals surface area contributed by atoms with Crippen molar-refractivity contribution in [2.24, 2.45) is 5.92 Å². The zero-order chi connectivity index (χ0) is 12.8. The third-order valence-corrected chi connectivity index (χ3v) is 5.22. The van der Waals surface area contributed by atoms with Crippen LogP contribution < -0.4 is 5.32 Å². The first-order valence-electron chi connectivity index (χ1n) is 7.75. The van der Waals surface area contributed by atoms with Crippen molar-refractivity contribution in [1.29, 1.82) is 0 Å². The van der Waals surface area contributed by atoms with Crippen molar-refractivity contribution in [3.63, 3.8) is 0 Å². The van der Waals surface area contributed by atoms with E-state index in [1.165, 1.54) is 52.0 Å². The second kappa shape index (κ2) is 4.77. The van der Waals surface area contributed by atoms with Gasteiger partial charge in [0.25, 0.3) is 0 Å². The molecule has 18 heavy (non-hydrogen) atoms. The molecule has 4 aliphatic rings. The molecule has 0 aromatic carbocycles. The normalized spacial score (nSPS) is 35.5. The predicted molar refractivity (Wildman–Crippen MR) is 75.8 cm³/mol. The molecule has 3 heteroatoms. The van der Waals surface area contributed by atoms with E-state index in [-0.39, 0.29) is 0 Å². The van der Waals surface area contributed by atoms with E-state index in [1.807, 2.05) is 0 Å². The van der Waals surface area contributed by atoms with Gasteiger partial charge in [-0.15, -0.1) is 0 Å². The molecule has 4 fully saturated rings. The highest BCUT2D eigenvalue weighted by Gasteiger charge is 2.46. The van der Waals surface area contributed by atoms with Crippen molar-refractivity contribution in [2.45, 2.75) is 57.7 Å². The lowest BCUT2D eigenvalue weighted by molar-refractivity contribution is -0.102. The molecule has 0 aromatic rings. The minimum absolute atomic E-state index is 0.359. The highest BCUT2D eigenvalue weighted by molar-refractivity contribution is 5.03. The van der Waals surface area contributed by atoms with Crippen LogP contribution in [-0.2, 0) is 0 Å². The molecule has 3 nitrogen and oxygen atoms in total. The van der Waals surface area contributed by atoms with Crippen LogP contribution in [0.4, 0.5) is 0 Å². The fourth-order valence-electron chi connectivity index (χ4n) is 3.90. The minimum atomic E-state index is 0.359. The Balaban J connectivity index is 1.52. The second-order valence-corrected chi connectivity index (χ2v) is 7.51. The maximum atomic E-state index is 3.47. The van der Waals surface area contributed by atoms with Gasteiger partial charge in [-0.1, -0.05) is 0 Å². The number of rotatable bonds is 2. The molecule has 2 atom stereocenters. The van der Waals surface area contributed by atoms with Crippen LogP contribution in [0.2, 0.25) is 0 Å². The Morgan fingerprint density at radius 2 is 1.67 bits per heavy atom.